The smallest absolute Gasteiger partial charge is 0.253 e. The molecular formula is C13H18FN3O2. The fourth-order valence-electron chi connectivity index (χ4n) is 1.58. The van der Waals surface area contributed by atoms with Gasteiger partial charge in [-0.25, -0.2) is 4.39 Å². The molecule has 6 heteroatoms. The Hall–Kier alpha value is -2.11. The number of amides is 2. The van der Waals surface area contributed by atoms with Crippen molar-refractivity contribution in [1.29, 1.82) is 0 Å². The quantitative estimate of drug-likeness (QED) is 0.723. The first kappa shape index (κ1) is 14.9. The Morgan fingerprint density at radius 1 is 1.32 bits per heavy atom. The van der Waals surface area contributed by atoms with Gasteiger partial charge >= 0.3 is 0 Å². The molecule has 0 aliphatic heterocycles. The van der Waals surface area contributed by atoms with Gasteiger partial charge in [0.15, 0.2) is 0 Å². The molecule has 2 amide bonds. The highest BCUT2D eigenvalue weighted by Gasteiger charge is 2.14. The number of para-hydroxylation sites is 1. The third kappa shape index (κ3) is 4.24. The van der Waals surface area contributed by atoms with E-state index in [1.165, 1.54) is 25.2 Å². The van der Waals surface area contributed by atoms with Crippen LogP contribution < -0.4 is 16.0 Å². The lowest BCUT2D eigenvalue weighted by atomic mass is 10.1. The summed E-state index contributed by atoms with van der Waals surface area (Å²) in [7, 11) is 1.53. The van der Waals surface area contributed by atoms with Crippen LogP contribution in [0.4, 0.5) is 10.1 Å². The van der Waals surface area contributed by atoms with Crippen LogP contribution in [0.25, 0.3) is 0 Å². The van der Waals surface area contributed by atoms with E-state index >= 15 is 0 Å². The second kappa shape index (κ2) is 7.35. The summed E-state index contributed by atoms with van der Waals surface area (Å²) < 4.78 is 13.6. The van der Waals surface area contributed by atoms with Crippen molar-refractivity contribution in [2.24, 2.45) is 0 Å². The molecule has 0 radical (unpaired) electrons. The van der Waals surface area contributed by atoms with Crippen LogP contribution in [0.15, 0.2) is 18.2 Å². The molecule has 0 aromatic heterocycles. The number of halogens is 1. The van der Waals surface area contributed by atoms with Crippen molar-refractivity contribution < 1.29 is 14.0 Å². The zero-order chi connectivity index (χ0) is 14.3. The van der Waals surface area contributed by atoms with E-state index in [1.807, 2.05) is 6.92 Å². The largest absolute Gasteiger partial charge is 0.382 e. The zero-order valence-electron chi connectivity index (χ0n) is 11.0. The van der Waals surface area contributed by atoms with Crippen molar-refractivity contribution in [3.63, 3.8) is 0 Å². The normalized spacial score (nSPS) is 9.84. The molecule has 0 aliphatic carbocycles. The fourth-order valence-corrected chi connectivity index (χ4v) is 1.58. The van der Waals surface area contributed by atoms with Crippen molar-refractivity contribution >= 4 is 17.5 Å². The predicted molar refractivity (Wildman–Crippen MR) is 71.6 cm³/mol. The van der Waals surface area contributed by atoms with Crippen LogP contribution in [0.5, 0.6) is 0 Å². The lowest BCUT2D eigenvalue weighted by Crippen LogP contribution is -2.29. The Morgan fingerprint density at radius 3 is 2.68 bits per heavy atom. The van der Waals surface area contributed by atoms with Crippen LogP contribution in [-0.4, -0.2) is 32.0 Å². The highest BCUT2D eigenvalue weighted by Crippen LogP contribution is 2.19. The molecule has 0 bridgehead atoms. The number of anilines is 1. The topological polar surface area (TPSA) is 70.2 Å². The van der Waals surface area contributed by atoms with Crippen LogP contribution in [0.2, 0.25) is 0 Å². The van der Waals surface area contributed by atoms with Gasteiger partial charge in [0.1, 0.15) is 5.82 Å². The Bertz CT molecular complexity index is 463. The molecule has 1 aromatic rings. The van der Waals surface area contributed by atoms with E-state index < -0.39 is 11.7 Å². The highest BCUT2D eigenvalue weighted by molar-refractivity contribution is 5.99. The van der Waals surface area contributed by atoms with Crippen molar-refractivity contribution in [3.8, 4) is 0 Å². The van der Waals surface area contributed by atoms with Crippen molar-refractivity contribution in [1.82, 2.24) is 10.6 Å². The summed E-state index contributed by atoms with van der Waals surface area (Å²) in [4.78, 5) is 22.9. The Morgan fingerprint density at radius 2 is 2.05 bits per heavy atom. The second-order valence-electron chi connectivity index (χ2n) is 3.87. The number of hydrogen-bond donors (Lipinski definition) is 3. The predicted octanol–water partition coefficient (Wildman–Crippen LogP) is 1.12. The summed E-state index contributed by atoms with van der Waals surface area (Å²) >= 11 is 0. The van der Waals surface area contributed by atoms with Gasteiger partial charge in [-0.2, -0.15) is 0 Å². The van der Waals surface area contributed by atoms with Gasteiger partial charge in [0.2, 0.25) is 5.91 Å². The summed E-state index contributed by atoms with van der Waals surface area (Å²) in [5.41, 5.74) is 0.418. The van der Waals surface area contributed by atoms with E-state index in [9.17, 15) is 14.0 Å². The molecule has 0 atom stereocenters. The third-order valence-electron chi connectivity index (χ3n) is 2.53. The van der Waals surface area contributed by atoms with Gasteiger partial charge in [0.25, 0.3) is 5.91 Å². The molecule has 19 heavy (non-hydrogen) atoms. The number of carbonyl (C=O) groups excluding carboxylic acids is 2. The van der Waals surface area contributed by atoms with Crippen LogP contribution in [0, 0.1) is 5.82 Å². The van der Waals surface area contributed by atoms with Crippen molar-refractivity contribution in [3.05, 3.63) is 29.6 Å². The Balaban J connectivity index is 2.71. The van der Waals surface area contributed by atoms with Crippen molar-refractivity contribution in [2.75, 3.05) is 25.5 Å². The number of nitrogens with one attached hydrogen (secondary N) is 3. The maximum Gasteiger partial charge on any atom is 0.253 e. The van der Waals surface area contributed by atoms with Crippen molar-refractivity contribution in [2.45, 2.75) is 13.3 Å². The average Bonchev–Trinajstić information content (AvgIpc) is 2.40. The summed E-state index contributed by atoms with van der Waals surface area (Å²) in [5, 5.41) is 7.86. The molecule has 0 spiro atoms. The average molecular weight is 267 g/mol. The number of benzene rings is 1. The number of rotatable bonds is 6. The lowest BCUT2D eigenvalue weighted by Gasteiger charge is -2.11. The number of carbonyl (C=O) groups is 2. The maximum absolute atomic E-state index is 13.6. The van der Waals surface area contributed by atoms with E-state index in [0.29, 0.717) is 6.54 Å². The Labute approximate surface area is 111 Å². The van der Waals surface area contributed by atoms with Gasteiger partial charge in [-0.3, -0.25) is 9.59 Å². The molecular weight excluding hydrogens is 249 g/mol. The van der Waals surface area contributed by atoms with Crippen LogP contribution in [0.3, 0.4) is 0 Å². The molecule has 0 aliphatic rings. The molecule has 1 rings (SSSR count). The van der Waals surface area contributed by atoms with Crippen LogP contribution in [0.1, 0.15) is 23.7 Å². The molecule has 0 saturated heterocycles. The van der Waals surface area contributed by atoms with Crippen LogP contribution >= 0.6 is 0 Å². The molecule has 5 nitrogen and oxygen atoms in total. The molecule has 0 unspecified atom stereocenters. The van der Waals surface area contributed by atoms with E-state index in [4.69, 9.17) is 0 Å². The third-order valence-corrected chi connectivity index (χ3v) is 2.53. The highest BCUT2D eigenvalue weighted by atomic mass is 19.1. The van der Waals surface area contributed by atoms with E-state index in [0.717, 1.165) is 0 Å². The van der Waals surface area contributed by atoms with Gasteiger partial charge in [-0.1, -0.05) is 6.07 Å². The van der Waals surface area contributed by atoms with Gasteiger partial charge < -0.3 is 16.0 Å². The van der Waals surface area contributed by atoms with Gasteiger partial charge in [-0.15, -0.1) is 0 Å². The summed E-state index contributed by atoms with van der Waals surface area (Å²) in [6, 6.07) is 4.30. The Kier molecular flexibility index (Phi) is 5.78. The summed E-state index contributed by atoms with van der Waals surface area (Å²) in [5.74, 6) is -1.04. The molecule has 104 valence electrons. The molecule has 0 fully saturated rings. The first-order chi connectivity index (χ1) is 9.10. The van der Waals surface area contributed by atoms with Gasteiger partial charge in [-0.05, 0) is 19.1 Å². The minimum atomic E-state index is -0.471. The van der Waals surface area contributed by atoms with E-state index in [2.05, 4.69) is 16.0 Å². The molecule has 0 heterocycles. The molecule has 3 N–H and O–H groups in total. The number of hydrogen-bond acceptors (Lipinski definition) is 3. The van der Waals surface area contributed by atoms with E-state index in [-0.39, 0.29) is 30.1 Å². The summed E-state index contributed by atoms with van der Waals surface area (Å²) in [6.45, 7) is 2.54. The van der Waals surface area contributed by atoms with E-state index in [1.54, 1.807) is 0 Å². The first-order valence-corrected chi connectivity index (χ1v) is 6.11. The van der Waals surface area contributed by atoms with Gasteiger partial charge in [0.05, 0.1) is 11.3 Å². The van der Waals surface area contributed by atoms with Crippen LogP contribution in [-0.2, 0) is 4.79 Å². The maximum atomic E-state index is 13.6. The zero-order valence-corrected chi connectivity index (χ0v) is 11.0. The molecule has 0 saturated carbocycles. The molecule has 1 aromatic carbocycles. The second-order valence-corrected chi connectivity index (χ2v) is 3.87. The minimum Gasteiger partial charge on any atom is -0.382 e. The SMILES string of the molecule is CCNc1c(F)cccc1C(=O)NCCC(=O)NC. The summed E-state index contributed by atoms with van der Waals surface area (Å²) in [6.07, 6.45) is 0.189. The fraction of sp³-hybridized carbons (Fsp3) is 0.385. The standard InChI is InChI=1S/C13H18FN3O2/c1-3-16-12-9(5-4-6-10(12)14)13(19)17-8-7-11(18)15-2/h4-6,16H,3,7-8H2,1-2H3,(H,15,18)(H,17,19). The minimum absolute atomic E-state index is 0.161. The van der Waals surface area contributed by atoms with Gasteiger partial charge in [0, 0.05) is 26.6 Å². The first-order valence-electron chi connectivity index (χ1n) is 6.11. The monoisotopic (exact) mass is 267 g/mol. The lowest BCUT2D eigenvalue weighted by molar-refractivity contribution is -0.120.